The minimum Gasteiger partial charge on any atom is -0.455 e. The summed E-state index contributed by atoms with van der Waals surface area (Å²) >= 11 is 0. The van der Waals surface area contributed by atoms with Crippen molar-refractivity contribution >= 4 is 5.97 Å². The van der Waals surface area contributed by atoms with E-state index < -0.39 is 30.1 Å². The van der Waals surface area contributed by atoms with Crippen LogP contribution in [0.25, 0.3) is 0 Å². The number of carbonyl (C=O) groups is 1. The van der Waals surface area contributed by atoms with Crippen molar-refractivity contribution in [3.05, 3.63) is 0 Å². The van der Waals surface area contributed by atoms with Crippen molar-refractivity contribution in [3.8, 4) is 0 Å². The van der Waals surface area contributed by atoms with Crippen LogP contribution in [0.15, 0.2) is 0 Å². The number of esters is 1. The van der Waals surface area contributed by atoms with Gasteiger partial charge in [-0.15, -0.1) is 0 Å². The van der Waals surface area contributed by atoms with Gasteiger partial charge in [-0.25, -0.2) is 4.79 Å². The highest BCUT2D eigenvalue weighted by Crippen LogP contribution is 2.35. The van der Waals surface area contributed by atoms with Crippen LogP contribution in [-0.4, -0.2) is 41.8 Å². The summed E-state index contributed by atoms with van der Waals surface area (Å²) in [5.74, 6) is -1.21. The Morgan fingerprint density at radius 3 is 2.77 bits per heavy atom. The van der Waals surface area contributed by atoms with E-state index in [1.807, 2.05) is 0 Å². The Kier molecular flexibility index (Phi) is 1.83. The minimum absolute atomic E-state index is 0.230. The molecule has 1 N–H and O–H groups in total. The molecule has 0 amide bonds. The second kappa shape index (κ2) is 2.67. The van der Waals surface area contributed by atoms with Crippen LogP contribution in [0.5, 0.6) is 0 Å². The van der Waals surface area contributed by atoms with Crippen molar-refractivity contribution < 1.29 is 24.1 Å². The summed E-state index contributed by atoms with van der Waals surface area (Å²) in [6, 6.07) is 0. The highest BCUT2D eigenvalue weighted by molar-refractivity contribution is 5.78. The number of cyclic esters (lactones) is 1. The molecule has 2 saturated heterocycles. The Morgan fingerprint density at radius 1 is 1.46 bits per heavy atom. The number of carbonyl (C=O) groups excluding carboxylic acids is 1. The summed E-state index contributed by atoms with van der Waals surface area (Å²) in [4.78, 5) is 11.2. The fourth-order valence-electron chi connectivity index (χ4n) is 1.67. The summed E-state index contributed by atoms with van der Waals surface area (Å²) in [5.41, 5.74) is 0. The Hall–Kier alpha value is -0.650. The fraction of sp³-hybridized carbons (Fsp3) is 0.875. The second-order valence-electron chi connectivity index (χ2n) is 3.68. The molecule has 13 heavy (non-hydrogen) atoms. The maximum Gasteiger partial charge on any atom is 0.338 e. The van der Waals surface area contributed by atoms with Crippen LogP contribution in [0.3, 0.4) is 0 Å². The zero-order valence-corrected chi connectivity index (χ0v) is 7.52. The maximum atomic E-state index is 11.2. The zero-order valence-electron chi connectivity index (χ0n) is 7.52. The van der Waals surface area contributed by atoms with Gasteiger partial charge in [0.25, 0.3) is 0 Å². The number of aliphatic hydroxyl groups is 1. The number of fused-ring (bicyclic) bond motifs is 1. The van der Waals surface area contributed by atoms with Crippen LogP contribution in [0.2, 0.25) is 0 Å². The molecule has 0 unspecified atom stereocenters. The minimum atomic E-state index is -0.762. The lowest BCUT2D eigenvalue weighted by molar-refractivity contribution is -0.188. The molecule has 0 spiro atoms. The van der Waals surface area contributed by atoms with Gasteiger partial charge in [0, 0.05) is 0 Å². The summed E-state index contributed by atoms with van der Waals surface area (Å²) in [5, 5.41) is 8.89. The standard InChI is InChI=1S/C8H12O5/c1-8(2)12-5-4(3-9)11-7(10)6(5)13-8/h4-6,9H,3H2,1-2H3/t4-,5+,6-/m1/s1. The SMILES string of the molecule is CC1(C)O[C@H]2[C@@H](CO)OC(=O)[C@@H]2O1. The second-order valence-corrected chi connectivity index (χ2v) is 3.68. The van der Waals surface area contributed by atoms with Gasteiger partial charge in [-0.2, -0.15) is 0 Å². The predicted molar refractivity (Wildman–Crippen MR) is 40.8 cm³/mol. The molecule has 0 aromatic heterocycles. The van der Waals surface area contributed by atoms with E-state index in [0.717, 1.165) is 0 Å². The molecule has 2 aliphatic heterocycles. The molecule has 3 atom stereocenters. The van der Waals surface area contributed by atoms with Crippen LogP contribution in [0.1, 0.15) is 13.8 Å². The first-order valence-electron chi connectivity index (χ1n) is 4.20. The van der Waals surface area contributed by atoms with Crippen LogP contribution >= 0.6 is 0 Å². The normalized spacial score (nSPS) is 41.8. The van der Waals surface area contributed by atoms with Crippen LogP contribution in [0.4, 0.5) is 0 Å². The van der Waals surface area contributed by atoms with Gasteiger partial charge in [0.05, 0.1) is 6.61 Å². The molecule has 74 valence electrons. The van der Waals surface area contributed by atoms with Gasteiger partial charge in [-0.05, 0) is 13.8 Å². The molecule has 0 aromatic carbocycles. The third-order valence-electron chi connectivity index (χ3n) is 2.18. The molecule has 5 heteroatoms. The van der Waals surface area contributed by atoms with Gasteiger partial charge in [-0.3, -0.25) is 0 Å². The molecule has 2 heterocycles. The van der Waals surface area contributed by atoms with Crippen molar-refractivity contribution in [2.45, 2.75) is 37.9 Å². The number of rotatable bonds is 1. The van der Waals surface area contributed by atoms with Crippen LogP contribution < -0.4 is 0 Å². The molecule has 2 aliphatic rings. The van der Waals surface area contributed by atoms with Crippen molar-refractivity contribution in [1.29, 1.82) is 0 Å². The van der Waals surface area contributed by atoms with Gasteiger partial charge in [0.15, 0.2) is 18.0 Å². The lowest BCUT2D eigenvalue weighted by atomic mass is 10.1. The largest absolute Gasteiger partial charge is 0.455 e. The number of ether oxygens (including phenoxy) is 3. The fourth-order valence-corrected chi connectivity index (χ4v) is 1.67. The summed E-state index contributed by atoms with van der Waals surface area (Å²) in [6.07, 6.45) is -1.72. The summed E-state index contributed by atoms with van der Waals surface area (Å²) < 4.78 is 15.6. The van der Waals surface area contributed by atoms with E-state index in [9.17, 15) is 4.79 Å². The third kappa shape index (κ3) is 1.33. The molecule has 0 bridgehead atoms. The van der Waals surface area contributed by atoms with Crippen molar-refractivity contribution in [2.75, 3.05) is 6.61 Å². The van der Waals surface area contributed by atoms with Gasteiger partial charge in [-0.1, -0.05) is 0 Å². The number of aliphatic hydroxyl groups excluding tert-OH is 1. The Bertz CT molecular complexity index is 237. The number of hydrogen-bond donors (Lipinski definition) is 1. The Morgan fingerprint density at radius 2 is 2.15 bits per heavy atom. The Labute approximate surface area is 75.6 Å². The topological polar surface area (TPSA) is 65.0 Å². The molecule has 0 radical (unpaired) electrons. The highest BCUT2D eigenvalue weighted by atomic mass is 16.8. The zero-order chi connectivity index (χ0) is 9.64. The van der Waals surface area contributed by atoms with E-state index in [1.54, 1.807) is 13.8 Å². The third-order valence-corrected chi connectivity index (χ3v) is 2.18. The van der Waals surface area contributed by atoms with E-state index in [2.05, 4.69) is 0 Å². The molecule has 0 aromatic rings. The van der Waals surface area contributed by atoms with Crippen LogP contribution in [0, 0.1) is 0 Å². The van der Waals surface area contributed by atoms with E-state index >= 15 is 0 Å². The monoisotopic (exact) mass is 188 g/mol. The van der Waals surface area contributed by atoms with E-state index in [0.29, 0.717) is 0 Å². The van der Waals surface area contributed by atoms with Crippen molar-refractivity contribution in [3.63, 3.8) is 0 Å². The first-order chi connectivity index (χ1) is 6.03. The molecule has 0 saturated carbocycles. The first kappa shape index (κ1) is 8.93. The van der Waals surface area contributed by atoms with Gasteiger partial charge >= 0.3 is 5.97 Å². The van der Waals surface area contributed by atoms with Crippen LogP contribution in [-0.2, 0) is 19.0 Å². The summed E-state index contributed by atoms with van der Waals surface area (Å²) in [7, 11) is 0. The van der Waals surface area contributed by atoms with E-state index in [-0.39, 0.29) is 6.61 Å². The first-order valence-corrected chi connectivity index (χ1v) is 4.20. The van der Waals surface area contributed by atoms with E-state index in [1.165, 1.54) is 0 Å². The molecule has 2 rings (SSSR count). The van der Waals surface area contributed by atoms with E-state index in [4.69, 9.17) is 19.3 Å². The quantitative estimate of drug-likeness (QED) is 0.558. The molecule has 0 aliphatic carbocycles. The maximum absolute atomic E-state index is 11.2. The Balaban J connectivity index is 2.17. The molecule has 2 fully saturated rings. The van der Waals surface area contributed by atoms with Gasteiger partial charge in [0.1, 0.15) is 6.10 Å². The van der Waals surface area contributed by atoms with Crippen molar-refractivity contribution in [1.82, 2.24) is 0 Å². The average Bonchev–Trinajstić information content (AvgIpc) is 2.47. The summed E-state index contributed by atoms with van der Waals surface area (Å²) in [6.45, 7) is 3.23. The van der Waals surface area contributed by atoms with Gasteiger partial charge in [0.2, 0.25) is 0 Å². The molecular formula is C8H12O5. The van der Waals surface area contributed by atoms with Gasteiger partial charge < -0.3 is 19.3 Å². The molecule has 5 nitrogen and oxygen atoms in total. The predicted octanol–water partition coefficient (Wildman–Crippen LogP) is -0.576. The average molecular weight is 188 g/mol. The lowest BCUT2D eigenvalue weighted by Gasteiger charge is -2.20. The molecular weight excluding hydrogens is 176 g/mol. The number of hydrogen-bond acceptors (Lipinski definition) is 5. The lowest BCUT2D eigenvalue weighted by Crippen LogP contribution is -2.31. The smallest absolute Gasteiger partial charge is 0.338 e. The highest BCUT2D eigenvalue weighted by Gasteiger charge is 2.55. The van der Waals surface area contributed by atoms with Crippen molar-refractivity contribution in [2.24, 2.45) is 0 Å².